The molecular formula is C8H14OS. The average molecular weight is 158 g/mol. The molecule has 1 nitrogen and oxygen atoms in total. The van der Waals surface area contributed by atoms with Crippen LogP contribution in [0.1, 0.15) is 19.8 Å². The van der Waals surface area contributed by atoms with Crippen molar-refractivity contribution in [3.05, 3.63) is 0 Å². The van der Waals surface area contributed by atoms with Crippen LogP contribution in [0.4, 0.5) is 0 Å². The highest BCUT2D eigenvalue weighted by molar-refractivity contribution is 7.99. The highest BCUT2D eigenvalue weighted by Crippen LogP contribution is 2.52. The molecule has 2 fully saturated rings. The van der Waals surface area contributed by atoms with Crippen LogP contribution >= 0.6 is 11.8 Å². The fraction of sp³-hybridized carbons (Fsp3) is 1.00. The third-order valence-electron chi connectivity index (χ3n) is 2.96. The molecule has 10 heavy (non-hydrogen) atoms. The minimum Gasteiger partial charge on any atom is -0.389 e. The smallest absolute Gasteiger partial charge is 0.0714 e. The third kappa shape index (κ3) is 0.892. The van der Waals surface area contributed by atoms with Gasteiger partial charge in [-0.2, -0.15) is 11.8 Å². The molecule has 1 saturated carbocycles. The van der Waals surface area contributed by atoms with Gasteiger partial charge in [-0.05, 0) is 36.2 Å². The van der Waals surface area contributed by atoms with E-state index in [9.17, 15) is 5.11 Å². The standard InChI is InChI=1S/C8H14OS/c1-6-4-8(6,9)7-2-3-10-5-7/h6-7,9H,2-5H2,1H3. The lowest BCUT2D eigenvalue weighted by Gasteiger charge is -2.15. The van der Waals surface area contributed by atoms with Crippen LogP contribution in [0.15, 0.2) is 0 Å². The summed E-state index contributed by atoms with van der Waals surface area (Å²) in [5, 5.41) is 9.88. The Labute approximate surface area is 66.2 Å². The molecule has 2 aliphatic rings. The highest BCUT2D eigenvalue weighted by atomic mass is 32.2. The first-order chi connectivity index (χ1) is 4.73. The SMILES string of the molecule is CC1CC1(O)C1CCSC1. The van der Waals surface area contributed by atoms with Gasteiger partial charge in [0.2, 0.25) is 0 Å². The maximum Gasteiger partial charge on any atom is 0.0714 e. The van der Waals surface area contributed by atoms with Crippen molar-refractivity contribution in [1.29, 1.82) is 0 Å². The van der Waals surface area contributed by atoms with Crippen molar-refractivity contribution < 1.29 is 5.11 Å². The van der Waals surface area contributed by atoms with E-state index in [2.05, 4.69) is 6.92 Å². The first-order valence-corrected chi connectivity index (χ1v) is 5.19. The predicted molar refractivity (Wildman–Crippen MR) is 44.2 cm³/mol. The monoisotopic (exact) mass is 158 g/mol. The molecule has 0 spiro atoms. The first kappa shape index (κ1) is 6.99. The van der Waals surface area contributed by atoms with Crippen molar-refractivity contribution >= 4 is 11.8 Å². The van der Waals surface area contributed by atoms with E-state index >= 15 is 0 Å². The molecule has 1 N–H and O–H groups in total. The van der Waals surface area contributed by atoms with E-state index in [1.54, 1.807) is 0 Å². The molecule has 2 rings (SSSR count). The van der Waals surface area contributed by atoms with E-state index in [4.69, 9.17) is 0 Å². The van der Waals surface area contributed by atoms with Gasteiger partial charge in [0.1, 0.15) is 0 Å². The maximum absolute atomic E-state index is 9.88. The summed E-state index contributed by atoms with van der Waals surface area (Å²) >= 11 is 1.99. The van der Waals surface area contributed by atoms with E-state index in [1.807, 2.05) is 11.8 Å². The summed E-state index contributed by atoms with van der Waals surface area (Å²) in [7, 11) is 0. The van der Waals surface area contributed by atoms with Gasteiger partial charge in [0.05, 0.1) is 5.60 Å². The molecule has 0 bridgehead atoms. The van der Waals surface area contributed by atoms with Gasteiger partial charge in [0, 0.05) is 0 Å². The molecule has 58 valence electrons. The van der Waals surface area contributed by atoms with Crippen LogP contribution in [0, 0.1) is 11.8 Å². The summed E-state index contributed by atoms with van der Waals surface area (Å²) < 4.78 is 0. The summed E-state index contributed by atoms with van der Waals surface area (Å²) in [6.07, 6.45) is 2.30. The topological polar surface area (TPSA) is 20.2 Å². The van der Waals surface area contributed by atoms with E-state index in [1.165, 1.54) is 17.9 Å². The minimum atomic E-state index is -0.233. The normalized spacial score (nSPS) is 53.4. The van der Waals surface area contributed by atoms with E-state index < -0.39 is 0 Å². The summed E-state index contributed by atoms with van der Waals surface area (Å²) in [4.78, 5) is 0. The van der Waals surface area contributed by atoms with Crippen LogP contribution in [-0.2, 0) is 0 Å². The van der Waals surface area contributed by atoms with Gasteiger partial charge in [-0.15, -0.1) is 0 Å². The Balaban J connectivity index is 1.99. The van der Waals surface area contributed by atoms with Crippen molar-refractivity contribution in [1.82, 2.24) is 0 Å². The number of hydrogen-bond acceptors (Lipinski definition) is 2. The van der Waals surface area contributed by atoms with Gasteiger partial charge in [-0.1, -0.05) is 6.92 Å². The summed E-state index contributed by atoms with van der Waals surface area (Å²) in [6.45, 7) is 2.16. The third-order valence-corrected chi connectivity index (χ3v) is 4.13. The zero-order valence-electron chi connectivity index (χ0n) is 6.34. The number of aliphatic hydroxyl groups is 1. The molecule has 1 saturated heterocycles. The zero-order chi connectivity index (χ0) is 7.19. The molecule has 0 aromatic carbocycles. The van der Waals surface area contributed by atoms with Gasteiger partial charge in [-0.25, -0.2) is 0 Å². The van der Waals surface area contributed by atoms with Crippen LogP contribution in [0.25, 0.3) is 0 Å². The quantitative estimate of drug-likeness (QED) is 0.624. The largest absolute Gasteiger partial charge is 0.389 e. The number of thioether (sulfide) groups is 1. The molecule has 1 aliphatic carbocycles. The lowest BCUT2D eigenvalue weighted by atomic mass is 9.98. The van der Waals surface area contributed by atoms with Crippen molar-refractivity contribution in [2.45, 2.75) is 25.4 Å². The van der Waals surface area contributed by atoms with Crippen LogP contribution in [0.2, 0.25) is 0 Å². The fourth-order valence-corrected chi connectivity index (χ4v) is 3.29. The highest BCUT2D eigenvalue weighted by Gasteiger charge is 2.55. The Morgan fingerprint density at radius 3 is 2.70 bits per heavy atom. The van der Waals surface area contributed by atoms with E-state index in [0.29, 0.717) is 11.8 Å². The Kier molecular flexibility index (Phi) is 1.50. The molecule has 0 aromatic rings. The Hall–Kier alpha value is 0.310. The zero-order valence-corrected chi connectivity index (χ0v) is 7.16. The van der Waals surface area contributed by atoms with Gasteiger partial charge in [0.25, 0.3) is 0 Å². The van der Waals surface area contributed by atoms with E-state index in [-0.39, 0.29) is 5.60 Å². The van der Waals surface area contributed by atoms with E-state index in [0.717, 1.165) is 6.42 Å². The maximum atomic E-state index is 9.88. The number of hydrogen-bond donors (Lipinski definition) is 1. The van der Waals surface area contributed by atoms with Crippen LogP contribution in [-0.4, -0.2) is 22.2 Å². The second-order valence-electron chi connectivity index (χ2n) is 3.66. The van der Waals surface area contributed by atoms with Crippen LogP contribution in [0.5, 0.6) is 0 Å². The van der Waals surface area contributed by atoms with Crippen molar-refractivity contribution in [3.63, 3.8) is 0 Å². The summed E-state index contributed by atoms with van der Waals surface area (Å²) in [5.41, 5.74) is -0.233. The molecule has 0 aromatic heterocycles. The number of rotatable bonds is 1. The Morgan fingerprint density at radius 1 is 1.60 bits per heavy atom. The summed E-state index contributed by atoms with van der Waals surface area (Å²) in [6, 6.07) is 0. The lowest BCUT2D eigenvalue weighted by Crippen LogP contribution is -2.23. The van der Waals surface area contributed by atoms with Crippen molar-refractivity contribution in [2.75, 3.05) is 11.5 Å². The Bertz CT molecular complexity index is 142. The van der Waals surface area contributed by atoms with Crippen molar-refractivity contribution in [3.8, 4) is 0 Å². The van der Waals surface area contributed by atoms with Crippen LogP contribution < -0.4 is 0 Å². The molecule has 1 heterocycles. The molecule has 3 unspecified atom stereocenters. The molecular weight excluding hydrogens is 144 g/mol. The van der Waals surface area contributed by atoms with Crippen LogP contribution in [0.3, 0.4) is 0 Å². The Morgan fingerprint density at radius 2 is 2.30 bits per heavy atom. The molecule has 0 amide bonds. The van der Waals surface area contributed by atoms with Gasteiger partial charge in [0.15, 0.2) is 0 Å². The summed E-state index contributed by atoms with van der Waals surface area (Å²) in [5.74, 6) is 3.66. The molecule has 1 aliphatic heterocycles. The average Bonchev–Trinajstić information content (AvgIpc) is 2.35. The lowest BCUT2D eigenvalue weighted by molar-refractivity contribution is 0.0795. The van der Waals surface area contributed by atoms with Gasteiger partial charge < -0.3 is 5.11 Å². The minimum absolute atomic E-state index is 0.233. The molecule has 0 radical (unpaired) electrons. The predicted octanol–water partition coefficient (Wildman–Crippen LogP) is 1.51. The molecule has 3 atom stereocenters. The van der Waals surface area contributed by atoms with Gasteiger partial charge >= 0.3 is 0 Å². The molecule has 2 heteroatoms. The second-order valence-corrected chi connectivity index (χ2v) is 4.81. The first-order valence-electron chi connectivity index (χ1n) is 4.03. The second kappa shape index (κ2) is 2.15. The van der Waals surface area contributed by atoms with Gasteiger partial charge in [-0.3, -0.25) is 0 Å². The van der Waals surface area contributed by atoms with Crippen molar-refractivity contribution in [2.24, 2.45) is 11.8 Å². The fourth-order valence-electron chi connectivity index (χ4n) is 1.93.